The molecular weight excluding hydrogens is 260 g/mol. The number of rotatable bonds is 4. The molecule has 1 saturated carbocycles. The fourth-order valence-corrected chi connectivity index (χ4v) is 2.58. The Kier molecular flexibility index (Phi) is 5.52. The SMILES string of the molecule is O=C(CNc1ccc(Cl)cc1)NC1CCCCCC1. The summed E-state index contributed by atoms with van der Waals surface area (Å²) < 4.78 is 0. The lowest BCUT2D eigenvalue weighted by molar-refractivity contribution is -0.120. The van der Waals surface area contributed by atoms with Crippen LogP contribution in [0.15, 0.2) is 24.3 Å². The first kappa shape index (κ1) is 14.2. The van der Waals surface area contributed by atoms with E-state index in [4.69, 9.17) is 11.6 Å². The molecule has 0 heterocycles. The van der Waals surface area contributed by atoms with Gasteiger partial charge in [0, 0.05) is 16.8 Å². The van der Waals surface area contributed by atoms with Gasteiger partial charge in [-0.3, -0.25) is 4.79 Å². The standard InChI is InChI=1S/C15H21ClN2O/c16-12-7-9-13(10-8-12)17-11-15(19)18-14-5-3-1-2-4-6-14/h7-10,14,17H,1-6,11H2,(H,18,19). The molecule has 0 aromatic heterocycles. The van der Waals surface area contributed by atoms with Gasteiger partial charge in [0.15, 0.2) is 0 Å². The maximum Gasteiger partial charge on any atom is 0.239 e. The molecule has 1 amide bonds. The van der Waals surface area contributed by atoms with Crippen LogP contribution in [0.5, 0.6) is 0 Å². The maximum absolute atomic E-state index is 11.9. The van der Waals surface area contributed by atoms with Gasteiger partial charge in [-0.25, -0.2) is 0 Å². The van der Waals surface area contributed by atoms with E-state index in [2.05, 4.69) is 10.6 Å². The molecule has 1 aromatic carbocycles. The van der Waals surface area contributed by atoms with E-state index < -0.39 is 0 Å². The Morgan fingerprint density at radius 3 is 2.37 bits per heavy atom. The molecule has 2 N–H and O–H groups in total. The first-order chi connectivity index (χ1) is 9.24. The number of amides is 1. The largest absolute Gasteiger partial charge is 0.376 e. The molecule has 104 valence electrons. The minimum Gasteiger partial charge on any atom is -0.376 e. The van der Waals surface area contributed by atoms with Crippen LogP contribution in [-0.2, 0) is 4.79 Å². The van der Waals surface area contributed by atoms with E-state index in [-0.39, 0.29) is 5.91 Å². The van der Waals surface area contributed by atoms with Crippen molar-refractivity contribution in [3.05, 3.63) is 29.3 Å². The van der Waals surface area contributed by atoms with Crippen LogP contribution in [0.4, 0.5) is 5.69 Å². The van der Waals surface area contributed by atoms with E-state index in [0.717, 1.165) is 18.5 Å². The van der Waals surface area contributed by atoms with Gasteiger partial charge in [0.2, 0.25) is 5.91 Å². The lowest BCUT2D eigenvalue weighted by Gasteiger charge is -2.16. The monoisotopic (exact) mass is 280 g/mol. The van der Waals surface area contributed by atoms with Crippen LogP contribution < -0.4 is 10.6 Å². The lowest BCUT2D eigenvalue weighted by Crippen LogP contribution is -2.38. The third kappa shape index (κ3) is 5.11. The molecule has 0 spiro atoms. The fourth-order valence-electron chi connectivity index (χ4n) is 2.45. The molecule has 19 heavy (non-hydrogen) atoms. The number of nitrogens with one attached hydrogen (secondary N) is 2. The number of hydrogen-bond donors (Lipinski definition) is 2. The van der Waals surface area contributed by atoms with Crippen LogP contribution in [-0.4, -0.2) is 18.5 Å². The highest BCUT2D eigenvalue weighted by molar-refractivity contribution is 6.30. The van der Waals surface area contributed by atoms with E-state index in [0.29, 0.717) is 17.6 Å². The Labute approximate surface area is 119 Å². The second-order valence-corrected chi connectivity index (χ2v) is 5.55. The summed E-state index contributed by atoms with van der Waals surface area (Å²) in [5.41, 5.74) is 0.917. The van der Waals surface area contributed by atoms with E-state index in [1.807, 2.05) is 24.3 Å². The average molecular weight is 281 g/mol. The van der Waals surface area contributed by atoms with Gasteiger partial charge in [0.05, 0.1) is 6.54 Å². The summed E-state index contributed by atoms with van der Waals surface area (Å²) in [5, 5.41) is 6.92. The second kappa shape index (κ2) is 7.39. The third-order valence-electron chi connectivity index (χ3n) is 3.52. The number of carbonyl (C=O) groups is 1. The van der Waals surface area contributed by atoms with Gasteiger partial charge in [-0.2, -0.15) is 0 Å². The van der Waals surface area contributed by atoms with Crippen LogP contribution in [0.3, 0.4) is 0 Å². The highest BCUT2D eigenvalue weighted by Gasteiger charge is 2.14. The van der Waals surface area contributed by atoms with Gasteiger partial charge in [-0.1, -0.05) is 37.3 Å². The number of halogens is 1. The summed E-state index contributed by atoms with van der Waals surface area (Å²) in [7, 11) is 0. The molecule has 0 atom stereocenters. The molecule has 2 rings (SSSR count). The van der Waals surface area contributed by atoms with Crippen molar-refractivity contribution < 1.29 is 4.79 Å². The molecule has 3 nitrogen and oxygen atoms in total. The molecule has 1 aromatic rings. The number of carbonyl (C=O) groups excluding carboxylic acids is 1. The van der Waals surface area contributed by atoms with Crippen LogP contribution in [0.25, 0.3) is 0 Å². The predicted molar refractivity (Wildman–Crippen MR) is 79.6 cm³/mol. The molecule has 1 aliphatic carbocycles. The van der Waals surface area contributed by atoms with E-state index in [1.54, 1.807) is 0 Å². The van der Waals surface area contributed by atoms with Gasteiger partial charge in [0.25, 0.3) is 0 Å². The lowest BCUT2D eigenvalue weighted by atomic mass is 10.1. The molecule has 1 fully saturated rings. The van der Waals surface area contributed by atoms with Gasteiger partial charge in [0.1, 0.15) is 0 Å². The Hall–Kier alpha value is -1.22. The quantitative estimate of drug-likeness (QED) is 0.828. The number of hydrogen-bond acceptors (Lipinski definition) is 2. The highest BCUT2D eigenvalue weighted by Crippen LogP contribution is 2.17. The van der Waals surface area contributed by atoms with Crippen molar-refractivity contribution in [3.8, 4) is 0 Å². The first-order valence-corrected chi connectivity index (χ1v) is 7.40. The number of anilines is 1. The molecule has 0 radical (unpaired) electrons. The van der Waals surface area contributed by atoms with Crippen molar-refractivity contribution in [2.45, 2.75) is 44.6 Å². The van der Waals surface area contributed by atoms with Crippen molar-refractivity contribution in [2.75, 3.05) is 11.9 Å². The minimum absolute atomic E-state index is 0.0712. The fraction of sp³-hybridized carbons (Fsp3) is 0.533. The average Bonchev–Trinajstić information content (AvgIpc) is 2.67. The van der Waals surface area contributed by atoms with E-state index >= 15 is 0 Å². The molecule has 0 bridgehead atoms. The molecule has 0 unspecified atom stereocenters. The van der Waals surface area contributed by atoms with Crippen molar-refractivity contribution >= 4 is 23.2 Å². The maximum atomic E-state index is 11.9. The number of benzene rings is 1. The molecule has 0 aliphatic heterocycles. The molecule has 4 heteroatoms. The predicted octanol–water partition coefficient (Wildman–Crippen LogP) is 3.59. The summed E-state index contributed by atoms with van der Waals surface area (Å²) in [4.78, 5) is 11.9. The van der Waals surface area contributed by atoms with Crippen molar-refractivity contribution in [1.29, 1.82) is 0 Å². The van der Waals surface area contributed by atoms with Gasteiger partial charge >= 0.3 is 0 Å². The van der Waals surface area contributed by atoms with Crippen LogP contribution in [0.1, 0.15) is 38.5 Å². The van der Waals surface area contributed by atoms with Crippen molar-refractivity contribution in [1.82, 2.24) is 5.32 Å². The van der Waals surface area contributed by atoms with Crippen LogP contribution >= 0.6 is 11.6 Å². The topological polar surface area (TPSA) is 41.1 Å². The molecular formula is C15H21ClN2O. The Morgan fingerprint density at radius 1 is 1.11 bits per heavy atom. The zero-order chi connectivity index (χ0) is 13.5. The summed E-state index contributed by atoms with van der Waals surface area (Å²) in [6, 6.07) is 7.74. The van der Waals surface area contributed by atoms with Gasteiger partial charge < -0.3 is 10.6 Å². The molecule has 0 saturated heterocycles. The summed E-state index contributed by atoms with van der Waals surface area (Å²) in [6.07, 6.45) is 7.30. The Bertz CT molecular complexity index is 397. The normalized spacial score (nSPS) is 16.7. The van der Waals surface area contributed by atoms with Gasteiger partial charge in [-0.05, 0) is 37.1 Å². The van der Waals surface area contributed by atoms with Crippen molar-refractivity contribution in [2.24, 2.45) is 0 Å². The minimum atomic E-state index is 0.0712. The van der Waals surface area contributed by atoms with Gasteiger partial charge in [-0.15, -0.1) is 0 Å². The zero-order valence-electron chi connectivity index (χ0n) is 11.1. The summed E-state index contributed by atoms with van der Waals surface area (Å²) >= 11 is 5.81. The third-order valence-corrected chi connectivity index (χ3v) is 3.77. The summed E-state index contributed by atoms with van der Waals surface area (Å²) in [6.45, 7) is 0.318. The Morgan fingerprint density at radius 2 is 1.74 bits per heavy atom. The Balaban J connectivity index is 1.73. The van der Waals surface area contributed by atoms with Crippen LogP contribution in [0.2, 0.25) is 5.02 Å². The zero-order valence-corrected chi connectivity index (χ0v) is 11.9. The van der Waals surface area contributed by atoms with Crippen LogP contribution in [0, 0.1) is 0 Å². The summed E-state index contributed by atoms with van der Waals surface area (Å²) in [5.74, 6) is 0.0712. The molecule has 1 aliphatic rings. The highest BCUT2D eigenvalue weighted by atomic mass is 35.5. The smallest absolute Gasteiger partial charge is 0.239 e. The first-order valence-electron chi connectivity index (χ1n) is 7.03. The van der Waals surface area contributed by atoms with E-state index in [1.165, 1.54) is 25.7 Å². The second-order valence-electron chi connectivity index (χ2n) is 5.12. The van der Waals surface area contributed by atoms with E-state index in [9.17, 15) is 4.79 Å². The van der Waals surface area contributed by atoms with Crippen molar-refractivity contribution in [3.63, 3.8) is 0 Å².